The van der Waals surface area contributed by atoms with Crippen molar-refractivity contribution >= 4 is 29.1 Å². The minimum atomic E-state index is -0.0268. The molecule has 0 bridgehead atoms. The molecule has 0 spiro atoms. The lowest BCUT2D eigenvalue weighted by atomic mass is 10.4. The van der Waals surface area contributed by atoms with Gasteiger partial charge in [-0.25, -0.2) is 0 Å². The molecule has 6 N–H and O–H groups in total. The number of nitrogens with zero attached hydrogens (tertiary/aromatic N) is 2. The Balaban J connectivity index is 2.92. The Morgan fingerprint density at radius 2 is 2.08 bits per heavy atom. The smallest absolute Gasteiger partial charge is 0.223 e. The zero-order chi connectivity index (χ0) is 9.84. The van der Waals surface area contributed by atoms with E-state index in [0.29, 0.717) is 12.4 Å². The summed E-state index contributed by atoms with van der Waals surface area (Å²) in [6.07, 6.45) is 0. The third kappa shape index (κ3) is 2.33. The monoisotopic (exact) mass is 203 g/mol. The van der Waals surface area contributed by atoms with E-state index in [2.05, 4.69) is 15.3 Å². The fourth-order valence-electron chi connectivity index (χ4n) is 0.767. The third-order valence-corrected chi connectivity index (χ3v) is 1.61. The van der Waals surface area contributed by atoms with Crippen LogP contribution in [0.1, 0.15) is 0 Å². The molecule has 7 heteroatoms. The molecule has 6 nitrogen and oxygen atoms in total. The van der Waals surface area contributed by atoms with E-state index in [4.69, 9.17) is 28.2 Å². The summed E-state index contributed by atoms with van der Waals surface area (Å²) in [5.74, 6) is 0.381. The van der Waals surface area contributed by atoms with E-state index >= 15 is 0 Å². The number of halogens is 1. The number of aliphatic hydroxyl groups excluding tert-OH is 1. The molecule has 72 valence electrons. The summed E-state index contributed by atoms with van der Waals surface area (Å²) < 4.78 is 0. The summed E-state index contributed by atoms with van der Waals surface area (Å²) in [7, 11) is 0. The van der Waals surface area contributed by atoms with Gasteiger partial charge in [-0.05, 0) is 0 Å². The van der Waals surface area contributed by atoms with Crippen molar-refractivity contribution in [3.63, 3.8) is 0 Å². The second-order valence-corrected chi connectivity index (χ2v) is 2.64. The minimum Gasteiger partial charge on any atom is -0.395 e. The first kappa shape index (κ1) is 9.82. The van der Waals surface area contributed by atoms with Crippen LogP contribution >= 0.6 is 11.6 Å². The molecule has 1 aromatic rings. The molecule has 0 aliphatic carbocycles. The number of rotatable bonds is 3. The van der Waals surface area contributed by atoms with Crippen LogP contribution < -0.4 is 16.8 Å². The maximum absolute atomic E-state index is 8.55. The first-order valence-corrected chi connectivity index (χ1v) is 3.96. The molecule has 0 aliphatic heterocycles. The van der Waals surface area contributed by atoms with Crippen LogP contribution in [0, 0.1) is 0 Å². The Morgan fingerprint density at radius 3 is 2.69 bits per heavy atom. The van der Waals surface area contributed by atoms with Gasteiger partial charge in [-0.15, -0.1) is 0 Å². The lowest BCUT2D eigenvalue weighted by molar-refractivity contribution is 0.311. The van der Waals surface area contributed by atoms with Gasteiger partial charge in [0.2, 0.25) is 5.95 Å². The summed E-state index contributed by atoms with van der Waals surface area (Å²) in [4.78, 5) is 7.45. The molecular formula is C6H10ClN5O. The van der Waals surface area contributed by atoms with Crippen molar-refractivity contribution < 1.29 is 5.11 Å². The van der Waals surface area contributed by atoms with Crippen molar-refractivity contribution in [3.05, 3.63) is 5.15 Å². The molecule has 0 aromatic carbocycles. The number of hydrogen-bond donors (Lipinski definition) is 4. The summed E-state index contributed by atoms with van der Waals surface area (Å²) in [6, 6.07) is 0. The molecule has 0 saturated heterocycles. The highest BCUT2D eigenvalue weighted by Gasteiger charge is 2.07. The molecule has 0 atom stereocenters. The summed E-state index contributed by atoms with van der Waals surface area (Å²) >= 11 is 5.64. The van der Waals surface area contributed by atoms with Crippen molar-refractivity contribution in [2.75, 3.05) is 29.9 Å². The predicted octanol–water partition coefficient (Wildman–Crippen LogP) is -0.301. The number of nitrogen functional groups attached to an aromatic ring is 2. The van der Waals surface area contributed by atoms with E-state index < -0.39 is 0 Å². The number of aliphatic hydroxyl groups is 1. The Morgan fingerprint density at radius 1 is 1.38 bits per heavy atom. The molecule has 13 heavy (non-hydrogen) atoms. The molecule has 0 aliphatic rings. The highest BCUT2D eigenvalue weighted by molar-refractivity contribution is 6.32. The van der Waals surface area contributed by atoms with E-state index in [1.54, 1.807) is 0 Å². The van der Waals surface area contributed by atoms with Crippen LogP contribution in [0.3, 0.4) is 0 Å². The third-order valence-electron chi connectivity index (χ3n) is 1.32. The van der Waals surface area contributed by atoms with E-state index in [1.807, 2.05) is 0 Å². The van der Waals surface area contributed by atoms with Gasteiger partial charge in [0, 0.05) is 6.54 Å². The van der Waals surface area contributed by atoms with Crippen LogP contribution in [0.4, 0.5) is 17.5 Å². The number of nitrogens with two attached hydrogens (primary N) is 2. The lowest BCUT2D eigenvalue weighted by Crippen LogP contribution is -2.11. The van der Waals surface area contributed by atoms with Crippen LogP contribution in [-0.4, -0.2) is 28.2 Å². The number of aromatic nitrogens is 2. The zero-order valence-corrected chi connectivity index (χ0v) is 7.54. The van der Waals surface area contributed by atoms with Gasteiger partial charge in [-0.1, -0.05) is 11.6 Å². The van der Waals surface area contributed by atoms with E-state index in [9.17, 15) is 0 Å². The van der Waals surface area contributed by atoms with Gasteiger partial charge < -0.3 is 21.9 Å². The quantitative estimate of drug-likeness (QED) is 0.502. The lowest BCUT2D eigenvalue weighted by Gasteiger charge is -2.07. The van der Waals surface area contributed by atoms with Gasteiger partial charge in [0.1, 0.15) is 5.69 Å². The largest absolute Gasteiger partial charge is 0.395 e. The molecular weight excluding hydrogens is 194 g/mol. The fraction of sp³-hybridized carbons (Fsp3) is 0.333. The standard InChI is InChI=1S/C6H10ClN5O/c7-4-3(8)5(10-1-2-13)12-6(9)11-4/h13H,1-2,8H2,(H3,9,10,11,12). The van der Waals surface area contributed by atoms with Crippen molar-refractivity contribution in [1.82, 2.24) is 9.97 Å². The predicted molar refractivity (Wildman–Crippen MR) is 51.4 cm³/mol. The molecule has 0 saturated carbocycles. The van der Waals surface area contributed by atoms with Crippen molar-refractivity contribution in [3.8, 4) is 0 Å². The maximum atomic E-state index is 8.55. The van der Waals surface area contributed by atoms with Crippen LogP contribution in [0.15, 0.2) is 0 Å². The second-order valence-electron chi connectivity index (χ2n) is 2.29. The van der Waals surface area contributed by atoms with Crippen molar-refractivity contribution in [2.45, 2.75) is 0 Å². The number of nitrogens with one attached hydrogen (secondary N) is 1. The molecule has 1 rings (SSSR count). The Kier molecular flexibility index (Phi) is 3.10. The normalized spacial score (nSPS) is 10.0. The van der Waals surface area contributed by atoms with Crippen LogP contribution in [0.5, 0.6) is 0 Å². The van der Waals surface area contributed by atoms with Crippen molar-refractivity contribution in [2.24, 2.45) is 0 Å². The highest BCUT2D eigenvalue weighted by atomic mass is 35.5. The Hall–Kier alpha value is -1.27. The van der Waals surface area contributed by atoms with Gasteiger partial charge in [-0.3, -0.25) is 0 Å². The Labute approximate surface area is 79.9 Å². The van der Waals surface area contributed by atoms with Crippen LogP contribution in [0.25, 0.3) is 0 Å². The zero-order valence-electron chi connectivity index (χ0n) is 6.79. The number of anilines is 3. The molecule has 0 radical (unpaired) electrons. The highest BCUT2D eigenvalue weighted by Crippen LogP contribution is 2.23. The fourth-order valence-corrected chi connectivity index (χ4v) is 0.943. The SMILES string of the molecule is Nc1nc(Cl)c(N)c(NCCO)n1. The minimum absolute atomic E-state index is 0.0268. The van der Waals surface area contributed by atoms with E-state index in [0.717, 1.165) is 0 Å². The first-order valence-electron chi connectivity index (χ1n) is 3.58. The van der Waals surface area contributed by atoms with Gasteiger partial charge >= 0.3 is 0 Å². The van der Waals surface area contributed by atoms with Gasteiger partial charge in [0.15, 0.2) is 11.0 Å². The summed E-state index contributed by atoms with van der Waals surface area (Å²) in [6.45, 7) is 0.304. The molecule has 0 amide bonds. The maximum Gasteiger partial charge on any atom is 0.223 e. The molecule has 1 aromatic heterocycles. The summed E-state index contributed by atoms with van der Waals surface area (Å²) in [5.41, 5.74) is 11.1. The van der Waals surface area contributed by atoms with Gasteiger partial charge in [0.05, 0.1) is 6.61 Å². The second kappa shape index (κ2) is 4.11. The average Bonchev–Trinajstić information content (AvgIpc) is 2.09. The van der Waals surface area contributed by atoms with Crippen molar-refractivity contribution in [1.29, 1.82) is 0 Å². The van der Waals surface area contributed by atoms with Crippen LogP contribution in [0.2, 0.25) is 5.15 Å². The molecule has 1 heterocycles. The first-order chi connectivity index (χ1) is 6.15. The van der Waals surface area contributed by atoms with E-state index in [1.165, 1.54) is 0 Å². The van der Waals surface area contributed by atoms with E-state index in [-0.39, 0.29) is 23.4 Å². The number of hydrogen-bond acceptors (Lipinski definition) is 6. The molecule has 0 unspecified atom stereocenters. The topological polar surface area (TPSA) is 110 Å². The van der Waals surface area contributed by atoms with Gasteiger partial charge in [-0.2, -0.15) is 9.97 Å². The Bertz CT molecular complexity index is 305. The average molecular weight is 204 g/mol. The van der Waals surface area contributed by atoms with Crippen LogP contribution in [-0.2, 0) is 0 Å². The van der Waals surface area contributed by atoms with Gasteiger partial charge in [0.25, 0.3) is 0 Å². The summed E-state index contributed by atoms with van der Waals surface area (Å²) in [5, 5.41) is 11.4. The molecule has 0 fully saturated rings.